The van der Waals surface area contributed by atoms with Crippen LogP contribution in [0.15, 0.2) is 72.8 Å². The molecule has 0 heterocycles. The van der Waals surface area contributed by atoms with E-state index in [2.05, 4.69) is 110 Å². The summed E-state index contributed by atoms with van der Waals surface area (Å²) in [6.07, 6.45) is 7.67. The lowest BCUT2D eigenvalue weighted by Crippen LogP contribution is -2.25. The number of hydrogen-bond donors (Lipinski definition) is 0. The minimum Gasteiger partial charge on any atom is -0.372 e. The lowest BCUT2D eigenvalue weighted by Gasteiger charge is -2.28. The van der Waals surface area contributed by atoms with Crippen molar-refractivity contribution in [2.75, 3.05) is 22.9 Å². The Balaban J connectivity index is 1.88. The van der Waals surface area contributed by atoms with E-state index in [-0.39, 0.29) is 0 Å². The van der Waals surface area contributed by atoms with E-state index in [9.17, 15) is 0 Å². The van der Waals surface area contributed by atoms with E-state index >= 15 is 0 Å². The zero-order valence-corrected chi connectivity index (χ0v) is 20.5. The fourth-order valence-corrected chi connectivity index (χ4v) is 4.12. The molecule has 0 amide bonds. The Kier molecular flexibility index (Phi) is 9.22. The summed E-state index contributed by atoms with van der Waals surface area (Å²) in [5.41, 5.74) is 7.48. The molecular formula is C30H40N2. The molecule has 0 aromatic heterocycles. The quantitative estimate of drug-likeness (QED) is 0.266. The van der Waals surface area contributed by atoms with Gasteiger partial charge in [0.15, 0.2) is 0 Å². The molecule has 0 aliphatic heterocycles. The lowest BCUT2D eigenvalue weighted by atomic mass is 10.1. The minimum atomic E-state index is 1.15. The minimum absolute atomic E-state index is 1.15. The number of aryl methyl sites for hydroxylation is 2. The van der Waals surface area contributed by atoms with Crippen LogP contribution < -0.4 is 9.80 Å². The highest BCUT2D eigenvalue weighted by Crippen LogP contribution is 2.35. The molecule has 0 aliphatic carbocycles. The first-order chi connectivity index (χ1) is 15.6. The van der Waals surface area contributed by atoms with Crippen molar-refractivity contribution in [3.05, 3.63) is 83.9 Å². The van der Waals surface area contributed by atoms with Crippen LogP contribution in [0.3, 0.4) is 0 Å². The van der Waals surface area contributed by atoms with Gasteiger partial charge in [-0.05, 0) is 75.2 Å². The van der Waals surface area contributed by atoms with Crippen LogP contribution in [0.2, 0.25) is 0 Å². The highest BCUT2D eigenvalue weighted by atomic mass is 15.1. The second kappa shape index (κ2) is 12.3. The van der Waals surface area contributed by atoms with E-state index in [4.69, 9.17) is 0 Å². The number of unbranched alkanes of at least 4 members (excludes halogenated alkanes) is 4. The Morgan fingerprint density at radius 3 is 1.19 bits per heavy atom. The molecule has 0 saturated carbocycles. The van der Waals surface area contributed by atoms with Crippen molar-refractivity contribution in [3.8, 4) is 0 Å². The first-order valence-electron chi connectivity index (χ1n) is 12.4. The number of hydrogen-bond acceptors (Lipinski definition) is 2. The van der Waals surface area contributed by atoms with Crippen LogP contribution in [-0.2, 0) is 0 Å². The van der Waals surface area contributed by atoms with Crippen LogP contribution in [0.4, 0.5) is 22.7 Å². The average molecular weight is 429 g/mol. The zero-order chi connectivity index (χ0) is 22.8. The zero-order valence-electron chi connectivity index (χ0n) is 20.5. The van der Waals surface area contributed by atoms with E-state index in [1.165, 1.54) is 72.4 Å². The Labute approximate surface area is 195 Å². The van der Waals surface area contributed by atoms with Crippen LogP contribution >= 0.6 is 0 Å². The van der Waals surface area contributed by atoms with Crippen molar-refractivity contribution in [2.24, 2.45) is 0 Å². The molecule has 2 nitrogen and oxygen atoms in total. The monoisotopic (exact) mass is 428 g/mol. The van der Waals surface area contributed by atoms with Gasteiger partial charge in [0.1, 0.15) is 0 Å². The fourth-order valence-electron chi connectivity index (χ4n) is 4.12. The van der Waals surface area contributed by atoms with Gasteiger partial charge < -0.3 is 9.80 Å². The molecule has 0 unspecified atom stereocenters. The molecule has 0 radical (unpaired) electrons. The summed E-state index contributed by atoms with van der Waals surface area (Å²) in [4.78, 5) is 4.93. The van der Waals surface area contributed by atoms with E-state index in [1.807, 2.05) is 0 Å². The molecule has 0 fully saturated rings. The Bertz CT molecular complexity index is 855. The summed E-state index contributed by atoms with van der Waals surface area (Å²) in [7, 11) is 0. The van der Waals surface area contributed by atoms with Gasteiger partial charge in [-0.15, -0.1) is 0 Å². The molecule has 3 rings (SSSR count). The van der Waals surface area contributed by atoms with Gasteiger partial charge in [-0.2, -0.15) is 0 Å². The van der Waals surface area contributed by atoms with Gasteiger partial charge in [-0.25, -0.2) is 0 Å². The standard InChI is InChI=1S/C30H40N2/c1-5-7-9-23-31(24-10-8-6-2)27-19-21-30(22-20-27)32(28-15-11-25(3)12-16-28)29-17-13-26(4)14-18-29/h11-22H,5-10,23-24H2,1-4H3. The summed E-state index contributed by atoms with van der Waals surface area (Å²) >= 11 is 0. The number of anilines is 4. The average Bonchev–Trinajstić information content (AvgIpc) is 2.81. The van der Waals surface area contributed by atoms with Gasteiger partial charge in [-0.3, -0.25) is 0 Å². The van der Waals surface area contributed by atoms with Gasteiger partial charge in [0.05, 0.1) is 0 Å². The van der Waals surface area contributed by atoms with E-state index in [0.29, 0.717) is 0 Å². The van der Waals surface area contributed by atoms with Crippen LogP contribution in [0.5, 0.6) is 0 Å². The molecule has 0 aliphatic rings. The topological polar surface area (TPSA) is 6.48 Å². The van der Waals surface area contributed by atoms with Crippen molar-refractivity contribution in [1.82, 2.24) is 0 Å². The summed E-state index contributed by atoms with van der Waals surface area (Å²) in [5, 5.41) is 0. The van der Waals surface area contributed by atoms with Gasteiger partial charge >= 0.3 is 0 Å². The molecule has 0 bridgehead atoms. The normalized spacial score (nSPS) is 10.9. The van der Waals surface area contributed by atoms with Gasteiger partial charge in [-0.1, -0.05) is 74.9 Å². The van der Waals surface area contributed by atoms with Crippen LogP contribution in [0.1, 0.15) is 63.5 Å². The number of nitrogens with zero attached hydrogens (tertiary/aromatic N) is 2. The van der Waals surface area contributed by atoms with Crippen molar-refractivity contribution >= 4 is 22.7 Å². The predicted octanol–water partition coefficient (Wildman–Crippen LogP) is 8.96. The van der Waals surface area contributed by atoms with E-state index in [1.54, 1.807) is 0 Å². The Morgan fingerprint density at radius 1 is 0.469 bits per heavy atom. The molecule has 0 spiro atoms. The SMILES string of the molecule is CCCCCN(CCCCC)c1ccc(N(c2ccc(C)cc2)c2ccc(C)cc2)cc1. The van der Waals surface area contributed by atoms with Crippen molar-refractivity contribution in [1.29, 1.82) is 0 Å². The first-order valence-corrected chi connectivity index (χ1v) is 12.4. The third-order valence-electron chi connectivity index (χ3n) is 6.12. The maximum absolute atomic E-state index is 2.58. The summed E-state index contributed by atoms with van der Waals surface area (Å²) < 4.78 is 0. The van der Waals surface area contributed by atoms with Crippen molar-refractivity contribution < 1.29 is 0 Å². The lowest BCUT2D eigenvalue weighted by molar-refractivity contribution is 0.636. The fraction of sp³-hybridized carbons (Fsp3) is 0.400. The summed E-state index contributed by atoms with van der Waals surface area (Å²) in [5.74, 6) is 0. The molecule has 0 saturated heterocycles. The Morgan fingerprint density at radius 2 is 0.812 bits per heavy atom. The van der Waals surface area contributed by atoms with Crippen molar-refractivity contribution in [2.45, 2.75) is 66.2 Å². The van der Waals surface area contributed by atoms with Gasteiger partial charge in [0.25, 0.3) is 0 Å². The highest BCUT2D eigenvalue weighted by molar-refractivity contribution is 5.77. The Hall–Kier alpha value is -2.74. The molecule has 32 heavy (non-hydrogen) atoms. The molecule has 170 valence electrons. The number of benzene rings is 3. The second-order valence-electron chi connectivity index (χ2n) is 8.92. The molecule has 0 atom stereocenters. The smallest absolute Gasteiger partial charge is 0.0463 e. The maximum Gasteiger partial charge on any atom is 0.0463 e. The van der Waals surface area contributed by atoms with Gasteiger partial charge in [0.2, 0.25) is 0 Å². The van der Waals surface area contributed by atoms with Crippen LogP contribution in [0, 0.1) is 13.8 Å². The maximum atomic E-state index is 2.58. The first kappa shape index (κ1) is 23.9. The molecular weight excluding hydrogens is 388 g/mol. The van der Waals surface area contributed by atoms with Crippen molar-refractivity contribution in [3.63, 3.8) is 0 Å². The third-order valence-corrected chi connectivity index (χ3v) is 6.12. The van der Waals surface area contributed by atoms with Gasteiger partial charge in [0, 0.05) is 35.8 Å². The number of rotatable bonds is 12. The molecule has 0 N–H and O–H groups in total. The van der Waals surface area contributed by atoms with E-state index in [0.717, 1.165) is 13.1 Å². The van der Waals surface area contributed by atoms with E-state index < -0.39 is 0 Å². The second-order valence-corrected chi connectivity index (χ2v) is 8.92. The highest BCUT2D eigenvalue weighted by Gasteiger charge is 2.13. The third kappa shape index (κ3) is 6.63. The summed E-state index contributed by atoms with van der Waals surface area (Å²) in [6.45, 7) is 11.1. The largest absolute Gasteiger partial charge is 0.372 e. The van der Waals surface area contributed by atoms with Crippen LogP contribution in [0.25, 0.3) is 0 Å². The molecule has 3 aromatic carbocycles. The van der Waals surface area contributed by atoms with Crippen LogP contribution in [-0.4, -0.2) is 13.1 Å². The summed E-state index contributed by atoms with van der Waals surface area (Å²) in [6, 6.07) is 26.8. The predicted molar refractivity (Wildman–Crippen MR) is 142 cm³/mol. The molecule has 2 heteroatoms. The molecule has 3 aromatic rings.